The second-order valence-corrected chi connectivity index (χ2v) is 11.8. The molecule has 0 bridgehead atoms. The van der Waals surface area contributed by atoms with Crippen LogP contribution in [0.5, 0.6) is 5.75 Å². The molecule has 0 aromatic carbocycles. The lowest BCUT2D eigenvalue weighted by Gasteiger charge is -2.34. The topological polar surface area (TPSA) is 89.0 Å². The number of carbonyl (C=O) groups is 1. The van der Waals surface area contributed by atoms with Crippen LogP contribution in [0.4, 0.5) is 4.79 Å². The maximum Gasteiger partial charge on any atom is 0.410 e. The number of aromatic nitrogens is 1. The Balaban J connectivity index is 1.17. The normalized spacial score (nSPS) is 25.6. The Morgan fingerprint density at radius 3 is 2.62 bits per heavy atom. The molecule has 2 fully saturated rings. The van der Waals surface area contributed by atoms with Crippen LogP contribution in [0, 0.1) is 5.92 Å². The number of rotatable bonds is 4. The van der Waals surface area contributed by atoms with Crippen molar-refractivity contribution in [3.05, 3.63) is 29.6 Å². The van der Waals surface area contributed by atoms with E-state index in [1.807, 2.05) is 17.9 Å². The molecular formula is C23H31N3O5S. The Bertz CT molecular complexity index is 1040. The van der Waals surface area contributed by atoms with Crippen molar-refractivity contribution in [1.29, 1.82) is 0 Å². The van der Waals surface area contributed by atoms with E-state index in [9.17, 15) is 13.2 Å². The number of ether oxygens (including phenoxy) is 2. The van der Waals surface area contributed by atoms with Crippen molar-refractivity contribution in [2.45, 2.75) is 57.2 Å². The third-order valence-corrected chi connectivity index (χ3v) is 8.50. The monoisotopic (exact) mass is 461 g/mol. The number of sulfonamides is 1. The summed E-state index contributed by atoms with van der Waals surface area (Å²) in [6.45, 7) is 4.30. The first kappa shape index (κ1) is 21.7. The third-order valence-electron chi connectivity index (χ3n) is 7.23. The maximum atomic E-state index is 12.3. The summed E-state index contributed by atoms with van der Waals surface area (Å²) in [6.07, 6.45) is 10.2. The SMILES string of the molecule is CC1(OC(=O)N2CCC(C3Cc4cc(C5=CCN(S(C)(=O)=O)CC5)ncc4O3)CC2)CC1. The van der Waals surface area contributed by atoms with Crippen LogP contribution in [0.25, 0.3) is 5.57 Å². The van der Waals surface area contributed by atoms with Gasteiger partial charge < -0.3 is 14.4 Å². The molecule has 1 saturated carbocycles. The smallest absolute Gasteiger partial charge is 0.410 e. The van der Waals surface area contributed by atoms with Crippen molar-refractivity contribution in [2.24, 2.45) is 5.92 Å². The second-order valence-electron chi connectivity index (χ2n) is 9.78. The molecule has 1 unspecified atom stereocenters. The van der Waals surface area contributed by atoms with Gasteiger partial charge in [0.05, 0.1) is 18.1 Å². The molecule has 174 valence electrons. The molecule has 1 aromatic heterocycles. The van der Waals surface area contributed by atoms with Crippen molar-refractivity contribution in [3.8, 4) is 5.75 Å². The number of hydrogen-bond acceptors (Lipinski definition) is 6. The Labute approximate surface area is 189 Å². The van der Waals surface area contributed by atoms with E-state index in [-0.39, 0.29) is 17.8 Å². The van der Waals surface area contributed by atoms with Crippen molar-refractivity contribution >= 4 is 21.7 Å². The summed E-state index contributed by atoms with van der Waals surface area (Å²) in [7, 11) is -3.16. The molecule has 32 heavy (non-hydrogen) atoms. The number of piperidine rings is 1. The highest BCUT2D eigenvalue weighted by atomic mass is 32.2. The van der Waals surface area contributed by atoms with Gasteiger partial charge in [0.25, 0.3) is 0 Å². The molecule has 1 saturated heterocycles. The molecular weight excluding hydrogens is 430 g/mol. The fourth-order valence-corrected chi connectivity index (χ4v) is 5.57. The molecule has 1 atom stereocenters. The lowest BCUT2D eigenvalue weighted by Crippen LogP contribution is -2.43. The lowest BCUT2D eigenvalue weighted by molar-refractivity contribution is 0.0379. The molecule has 4 heterocycles. The van der Waals surface area contributed by atoms with Crippen LogP contribution < -0.4 is 4.74 Å². The Morgan fingerprint density at radius 2 is 2.00 bits per heavy atom. The van der Waals surface area contributed by atoms with Gasteiger partial charge in [-0.05, 0) is 56.6 Å². The van der Waals surface area contributed by atoms with Crippen LogP contribution in [-0.2, 0) is 21.2 Å². The highest BCUT2D eigenvalue weighted by Gasteiger charge is 2.43. The van der Waals surface area contributed by atoms with E-state index < -0.39 is 10.0 Å². The van der Waals surface area contributed by atoms with Crippen molar-refractivity contribution in [3.63, 3.8) is 0 Å². The van der Waals surface area contributed by atoms with E-state index in [2.05, 4.69) is 11.1 Å². The first-order chi connectivity index (χ1) is 15.2. The highest BCUT2D eigenvalue weighted by molar-refractivity contribution is 7.88. The van der Waals surface area contributed by atoms with Gasteiger partial charge in [-0.1, -0.05) is 6.08 Å². The van der Waals surface area contributed by atoms with Crippen LogP contribution in [0.3, 0.4) is 0 Å². The summed E-state index contributed by atoms with van der Waals surface area (Å²) in [5, 5.41) is 0. The quantitative estimate of drug-likeness (QED) is 0.685. The van der Waals surface area contributed by atoms with E-state index >= 15 is 0 Å². The van der Waals surface area contributed by atoms with Gasteiger partial charge in [0.1, 0.15) is 17.5 Å². The number of carbonyl (C=O) groups excluding carboxylic acids is 1. The number of fused-ring (bicyclic) bond motifs is 1. The van der Waals surface area contributed by atoms with Gasteiger partial charge in [0.2, 0.25) is 10.0 Å². The number of nitrogens with zero attached hydrogens (tertiary/aromatic N) is 3. The molecule has 1 aliphatic carbocycles. The summed E-state index contributed by atoms with van der Waals surface area (Å²) < 4.78 is 36.8. The van der Waals surface area contributed by atoms with Crippen LogP contribution in [0.1, 0.15) is 50.3 Å². The van der Waals surface area contributed by atoms with Gasteiger partial charge in [-0.25, -0.2) is 13.2 Å². The molecule has 0 radical (unpaired) electrons. The molecule has 8 nitrogen and oxygen atoms in total. The minimum absolute atomic E-state index is 0.113. The van der Waals surface area contributed by atoms with Crippen LogP contribution >= 0.6 is 0 Å². The average Bonchev–Trinajstić information content (AvgIpc) is 3.34. The molecule has 9 heteroatoms. The Kier molecular flexibility index (Phi) is 5.44. The Hall–Kier alpha value is -2.13. The minimum Gasteiger partial charge on any atom is -0.488 e. The molecule has 5 rings (SSSR count). The van der Waals surface area contributed by atoms with Crippen LogP contribution in [0.2, 0.25) is 0 Å². The number of pyridine rings is 1. The highest BCUT2D eigenvalue weighted by Crippen LogP contribution is 2.40. The fraction of sp³-hybridized carbons (Fsp3) is 0.652. The van der Waals surface area contributed by atoms with Gasteiger partial charge in [-0.3, -0.25) is 4.98 Å². The van der Waals surface area contributed by atoms with Crippen LogP contribution in [0.15, 0.2) is 18.3 Å². The zero-order valence-corrected chi connectivity index (χ0v) is 19.6. The van der Waals surface area contributed by atoms with Gasteiger partial charge >= 0.3 is 6.09 Å². The second kappa shape index (κ2) is 8.02. The van der Waals surface area contributed by atoms with Crippen LogP contribution in [-0.4, -0.2) is 72.8 Å². The van der Waals surface area contributed by atoms with Crippen molar-refractivity contribution in [2.75, 3.05) is 32.4 Å². The van der Waals surface area contributed by atoms with E-state index in [4.69, 9.17) is 9.47 Å². The first-order valence-corrected chi connectivity index (χ1v) is 13.3. The van der Waals surface area contributed by atoms with Crippen molar-refractivity contribution < 1.29 is 22.7 Å². The Morgan fingerprint density at radius 1 is 1.25 bits per heavy atom. The van der Waals surface area contributed by atoms with E-state index in [0.29, 0.717) is 38.5 Å². The predicted molar refractivity (Wildman–Crippen MR) is 120 cm³/mol. The van der Waals surface area contributed by atoms with Gasteiger partial charge in [0, 0.05) is 38.2 Å². The van der Waals surface area contributed by atoms with Gasteiger partial charge in [0.15, 0.2) is 0 Å². The summed E-state index contributed by atoms with van der Waals surface area (Å²) >= 11 is 0. The zero-order valence-electron chi connectivity index (χ0n) is 18.7. The van der Waals surface area contributed by atoms with Gasteiger partial charge in [-0.2, -0.15) is 4.31 Å². The summed E-state index contributed by atoms with van der Waals surface area (Å²) in [4.78, 5) is 18.8. The van der Waals surface area contributed by atoms with E-state index in [0.717, 1.165) is 54.7 Å². The van der Waals surface area contributed by atoms with Crippen molar-refractivity contribution in [1.82, 2.24) is 14.2 Å². The molecule has 0 spiro atoms. The fourth-order valence-electron chi connectivity index (χ4n) is 4.80. The number of amides is 1. The first-order valence-electron chi connectivity index (χ1n) is 11.5. The summed E-state index contributed by atoms with van der Waals surface area (Å²) in [5.41, 5.74) is 2.93. The summed E-state index contributed by atoms with van der Waals surface area (Å²) in [5.74, 6) is 1.25. The number of likely N-dealkylation sites (tertiary alicyclic amines) is 1. The maximum absolute atomic E-state index is 12.3. The molecule has 1 aromatic rings. The van der Waals surface area contributed by atoms with E-state index in [1.165, 1.54) is 10.6 Å². The number of hydrogen-bond donors (Lipinski definition) is 0. The molecule has 3 aliphatic heterocycles. The molecule has 4 aliphatic rings. The van der Waals surface area contributed by atoms with E-state index in [1.54, 1.807) is 6.20 Å². The predicted octanol–water partition coefficient (Wildman–Crippen LogP) is 2.83. The molecule has 0 N–H and O–H groups in total. The minimum atomic E-state index is -3.16. The average molecular weight is 462 g/mol. The standard InChI is InChI=1S/C23H31N3O5S/c1-23(7-8-23)31-22(27)25-9-3-17(4-10-25)20-14-18-13-19(24-15-21(18)30-20)16-5-11-26(12-6-16)32(2,28)29/h5,13,15,17,20H,3-4,6-12,14H2,1-2H3. The zero-order chi connectivity index (χ0) is 22.5. The molecule has 1 amide bonds. The lowest BCUT2D eigenvalue weighted by atomic mass is 9.89. The summed E-state index contributed by atoms with van der Waals surface area (Å²) in [6, 6.07) is 2.10. The third kappa shape index (κ3) is 4.50. The largest absolute Gasteiger partial charge is 0.488 e. The van der Waals surface area contributed by atoms with Gasteiger partial charge in [-0.15, -0.1) is 0 Å².